The van der Waals surface area contributed by atoms with Crippen LogP contribution in [0.5, 0.6) is 5.75 Å². The van der Waals surface area contributed by atoms with E-state index in [0.29, 0.717) is 17.2 Å². The molecule has 0 N–H and O–H groups in total. The SMILES string of the molecule is C[C@H](Oc1ccccc1C=O)C1CC1. The van der Waals surface area contributed by atoms with Crippen LogP contribution in [0.15, 0.2) is 24.3 Å². The highest BCUT2D eigenvalue weighted by Crippen LogP contribution is 2.35. The summed E-state index contributed by atoms with van der Waals surface area (Å²) < 4.78 is 5.73. The topological polar surface area (TPSA) is 26.3 Å². The second kappa shape index (κ2) is 3.82. The van der Waals surface area contributed by atoms with Gasteiger partial charge in [-0.2, -0.15) is 0 Å². The lowest BCUT2D eigenvalue weighted by atomic mass is 10.2. The molecule has 0 aromatic heterocycles. The molecule has 1 fully saturated rings. The molecule has 0 saturated heterocycles. The van der Waals surface area contributed by atoms with E-state index in [1.54, 1.807) is 6.07 Å². The third-order valence-electron chi connectivity index (χ3n) is 2.64. The number of benzene rings is 1. The summed E-state index contributed by atoms with van der Waals surface area (Å²) in [5.41, 5.74) is 0.639. The van der Waals surface area contributed by atoms with Crippen LogP contribution in [-0.2, 0) is 0 Å². The number of rotatable bonds is 4. The van der Waals surface area contributed by atoms with E-state index in [-0.39, 0.29) is 6.10 Å². The summed E-state index contributed by atoms with van der Waals surface area (Å²) >= 11 is 0. The summed E-state index contributed by atoms with van der Waals surface area (Å²) in [6.45, 7) is 2.07. The van der Waals surface area contributed by atoms with Crippen LogP contribution in [0.1, 0.15) is 30.1 Å². The minimum Gasteiger partial charge on any atom is -0.490 e. The maximum Gasteiger partial charge on any atom is 0.153 e. The monoisotopic (exact) mass is 190 g/mol. The number of para-hydroxylation sites is 1. The van der Waals surface area contributed by atoms with E-state index in [4.69, 9.17) is 4.74 Å². The fourth-order valence-corrected chi connectivity index (χ4v) is 1.55. The molecule has 0 spiro atoms. The summed E-state index contributed by atoms with van der Waals surface area (Å²) in [5, 5.41) is 0. The Morgan fingerprint density at radius 2 is 2.14 bits per heavy atom. The predicted octanol–water partition coefficient (Wildman–Crippen LogP) is 2.68. The lowest BCUT2D eigenvalue weighted by Gasteiger charge is -2.14. The first-order valence-corrected chi connectivity index (χ1v) is 5.02. The van der Waals surface area contributed by atoms with Gasteiger partial charge in [0.1, 0.15) is 5.75 Å². The first kappa shape index (κ1) is 9.25. The average Bonchev–Trinajstić information content (AvgIpc) is 3.02. The van der Waals surface area contributed by atoms with Gasteiger partial charge < -0.3 is 4.74 Å². The molecule has 0 bridgehead atoms. The van der Waals surface area contributed by atoms with Gasteiger partial charge in [-0.05, 0) is 37.8 Å². The quantitative estimate of drug-likeness (QED) is 0.682. The number of ether oxygens (including phenoxy) is 1. The summed E-state index contributed by atoms with van der Waals surface area (Å²) in [5.74, 6) is 1.40. The van der Waals surface area contributed by atoms with E-state index in [1.165, 1.54) is 12.8 Å². The van der Waals surface area contributed by atoms with Crippen molar-refractivity contribution >= 4 is 6.29 Å². The third kappa shape index (κ3) is 1.95. The standard InChI is InChI=1S/C12H14O2/c1-9(10-6-7-10)14-12-5-3-2-4-11(12)8-13/h2-5,8-10H,6-7H2,1H3/t9-/m0/s1. The van der Waals surface area contributed by atoms with Gasteiger partial charge in [0.05, 0.1) is 11.7 Å². The molecule has 2 heteroatoms. The highest BCUT2D eigenvalue weighted by atomic mass is 16.5. The van der Waals surface area contributed by atoms with Gasteiger partial charge in [-0.25, -0.2) is 0 Å². The lowest BCUT2D eigenvalue weighted by Crippen LogP contribution is -2.14. The van der Waals surface area contributed by atoms with Crippen molar-refractivity contribution in [3.63, 3.8) is 0 Å². The smallest absolute Gasteiger partial charge is 0.153 e. The largest absolute Gasteiger partial charge is 0.490 e. The van der Waals surface area contributed by atoms with Crippen molar-refractivity contribution in [2.75, 3.05) is 0 Å². The van der Waals surface area contributed by atoms with E-state index in [1.807, 2.05) is 18.2 Å². The Bertz CT molecular complexity index is 329. The number of hydrogen-bond acceptors (Lipinski definition) is 2. The summed E-state index contributed by atoms with van der Waals surface area (Å²) in [4.78, 5) is 10.7. The van der Waals surface area contributed by atoms with Crippen molar-refractivity contribution in [1.82, 2.24) is 0 Å². The van der Waals surface area contributed by atoms with Crippen molar-refractivity contribution in [3.05, 3.63) is 29.8 Å². The van der Waals surface area contributed by atoms with Crippen LogP contribution in [-0.4, -0.2) is 12.4 Å². The molecule has 0 radical (unpaired) electrons. The Hall–Kier alpha value is -1.31. The molecule has 0 aliphatic heterocycles. The molecule has 0 unspecified atom stereocenters. The first-order chi connectivity index (χ1) is 6.81. The van der Waals surface area contributed by atoms with Gasteiger partial charge in [0.15, 0.2) is 6.29 Å². The fraction of sp³-hybridized carbons (Fsp3) is 0.417. The van der Waals surface area contributed by atoms with Crippen LogP contribution in [0, 0.1) is 5.92 Å². The Balaban J connectivity index is 2.10. The Morgan fingerprint density at radius 3 is 2.79 bits per heavy atom. The zero-order valence-corrected chi connectivity index (χ0v) is 8.27. The van der Waals surface area contributed by atoms with Crippen LogP contribution in [0.2, 0.25) is 0 Å². The summed E-state index contributed by atoms with van der Waals surface area (Å²) in [6, 6.07) is 7.37. The summed E-state index contributed by atoms with van der Waals surface area (Å²) in [6.07, 6.45) is 3.58. The van der Waals surface area contributed by atoms with Gasteiger partial charge in [-0.3, -0.25) is 4.79 Å². The second-order valence-corrected chi connectivity index (χ2v) is 3.82. The Kier molecular flexibility index (Phi) is 2.53. The Morgan fingerprint density at radius 1 is 1.43 bits per heavy atom. The van der Waals surface area contributed by atoms with Crippen molar-refractivity contribution in [1.29, 1.82) is 0 Å². The predicted molar refractivity (Wildman–Crippen MR) is 54.6 cm³/mol. The van der Waals surface area contributed by atoms with E-state index >= 15 is 0 Å². The zero-order valence-electron chi connectivity index (χ0n) is 8.27. The van der Waals surface area contributed by atoms with Gasteiger partial charge in [0, 0.05) is 0 Å². The van der Waals surface area contributed by atoms with E-state index in [2.05, 4.69) is 6.92 Å². The molecule has 1 aliphatic rings. The zero-order chi connectivity index (χ0) is 9.97. The number of hydrogen-bond donors (Lipinski definition) is 0. The molecule has 1 saturated carbocycles. The highest BCUT2D eigenvalue weighted by Gasteiger charge is 2.29. The van der Waals surface area contributed by atoms with Crippen molar-refractivity contribution in [2.45, 2.75) is 25.9 Å². The lowest BCUT2D eigenvalue weighted by molar-refractivity contribution is 0.111. The highest BCUT2D eigenvalue weighted by molar-refractivity contribution is 5.79. The van der Waals surface area contributed by atoms with E-state index in [9.17, 15) is 4.79 Å². The second-order valence-electron chi connectivity index (χ2n) is 3.82. The first-order valence-electron chi connectivity index (χ1n) is 5.02. The van der Waals surface area contributed by atoms with Crippen molar-refractivity contribution < 1.29 is 9.53 Å². The van der Waals surface area contributed by atoms with Crippen LogP contribution < -0.4 is 4.74 Å². The maximum atomic E-state index is 10.7. The number of carbonyl (C=O) groups excluding carboxylic acids is 1. The maximum absolute atomic E-state index is 10.7. The van der Waals surface area contributed by atoms with Crippen molar-refractivity contribution in [2.24, 2.45) is 5.92 Å². The van der Waals surface area contributed by atoms with Crippen LogP contribution >= 0.6 is 0 Å². The molecular formula is C12H14O2. The van der Waals surface area contributed by atoms with Gasteiger partial charge in [-0.1, -0.05) is 12.1 Å². The molecule has 1 atom stereocenters. The minimum atomic E-state index is 0.232. The van der Waals surface area contributed by atoms with Gasteiger partial charge in [0.25, 0.3) is 0 Å². The molecule has 0 amide bonds. The van der Waals surface area contributed by atoms with Crippen LogP contribution in [0.25, 0.3) is 0 Å². The molecule has 1 aliphatic carbocycles. The molecule has 0 heterocycles. The minimum absolute atomic E-state index is 0.232. The molecule has 1 aromatic carbocycles. The molecular weight excluding hydrogens is 176 g/mol. The summed E-state index contributed by atoms with van der Waals surface area (Å²) in [7, 11) is 0. The molecule has 1 aromatic rings. The third-order valence-corrected chi connectivity index (χ3v) is 2.64. The number of carbonyl (C=O) groups is 1. The average molecular weight is 190 g/mol. The van der Waals surface area contributed by atoms with Crippen molar-refractivity contribution in [3.8, 4) is 5.75 Å². The van der Waals surface area contributed by atoms with Gasteiger partial charge in [0.2, 0.25) is 0 Å². The molecule has 2 rings (SSSR count). The normalized spacial score (nSPS) is 17.5. The van der Waals surface area contributed by atoms with Crippen LogP contribution in [0.3, 0.4) is 0 Å². The molecule has 14 heavy (non-hydrogen) atoms. The number of aldehydes is 1. The molecule has 74 valence electrons. The molecule has 2 nitrogen and oxygen atoms in total. The van der Waals surface area contributed by atoms with Gasteiger partial charge in [-0.15, -0.1) is 0 Å². The van der Waals surface area contributed by atoms with Gasteiger partial charge >= 0.3 is 0 Å². The van der Waals surface area contributed by atoms with Crippen LogP contribution in [0.4, 0.5) is 0 Å². The van der Waals surface area contributed by atoms with E-state index in [0.717, 1.165) is 6.29 Å². The Labute approximate surface area is 83.9 Å². The van der Waals surface area contributed by atoms with E-state index < -0.39 is 0 Å². The fourth-order valence-electron chi connectivity index (χ4n) is 1.55.